The van der Waals surface area contributed by atoms with Gasteiger partial charge in [0.05, 0.1) is 18.3 Å². The maximum Gasteiger partial charge on any atom is 0.346 e. The topological polar surface area (TPSA) is 97.8 Å². The molecule has 0 radical (unpaired) electrons. The van der Waals surface area contributed by atoms with Gasteiger partial charge in [-0.1, -0.05) is 36.4 Å². The molecule has 0 spiro atoms. The average Bonchev–Trinajstić information content (AvgIpc) is 3.41. The Balaban J connectivity index is 1.40. The van der Waals surface area contributed by atoms with Crippen molar-refractivity contribution in [3.8, 4) is 11.1 Å². The van der Waals surface area contributed by atoms with Gasteiger partial charge in [-0.25, -0.2) is 13.7 Å². The highest BCUT2D eigenvalue weighted by Crippen LogP contribution is 2.32. The Morgan fingerprint density at radius 2 is 1.94 bits per heavy atom. The number of nitrogens with one attached hydrogen (secondary N) is 1. The zero-order chi connectivity index (χ0) is 21.4. The van der Waals surface area contributed by atoms with Gasteiger partial charge in [0.15, 0.2) is 5.65 Å². The molecule has 1 aliphatic heterocycles. The van der Waals surface area contributed by atoms with Crippen LogP contribution in [0.2, 0.25) is 0 Å². The van der Waals surface area contributed by atoms with E-state index in [-0.39, 0.29) is 17.7 Å². The number of carbonyl (C=O) groups excluding carboxylic acids is 1. The van der Waals surface area contributed by atoms with Crippen molar-refractivity contribution in [2.45, 2.75) is 12.5 Å². The van der Waals surface area contributed by atoms with Crippen LogP contribution in [0.5, 0.6) is 0 Å². The zero-order valence-electron chi connectivity index (χ0n) is 16.4. The maximum absolute atomic E-state index is 14.5. The number of aromatic nitrogens is 3. The first-order valence-corrected chi connectivity index (χ1v) is 9.78. The van der Waals surface area contributed by atoms with Crippen molar-refractivity contribution >= 4 is 23.3 Å². The van der Waals surface area contributed by atoms with E-state index in [0.717, 1.165) is 11.1 Å². The normalized spacial score (nSPS) is 16.0. The number of hydroxylamine groups is 2. The summed E-state index contributed by atoms with van der Waals surface area (Å²) in [5.74, 6) is -0.372. The summed E-state index contributed by atoms with van der Waals surface area (Å²) in [6.07, 6.45) is 2.39. The summed E-state index contributed by atoms with van der Waals surface area (Å²) in [4.78, 5) is 22.5. The van der Waals surface area contributed by atoms with Crippen LogP contribution in [0, 0.1) is 5.82 Å². The standard InChI is InChI=1S/C22H19FN6O2/c23-17-7-6-15(16-8-10-28-20(13-16)26-21(24)27-28)12-18(17)25-22(30)29-19(9-11-31-29)14-4-2-1-3-5-14/h1-8,10,12-13,19H,9,11H2,(H2,24,27)(H,25,30)/t19-/m0/s1. The second-order valence-corrected chi connectivity index (χ2v) is 7.19. The van der Waals surface area contributed by atoms with Gasteiger partial charge in [-0.2, -0.15) is 10.0 Å². The Morgan fingerprint density at radius 3 is 2.77 bits per heavy atom. The molecule has 2 aromatic heterocycles. The average molecular weight is 418 g/mol. The highest BCUT2D eigenvalue weighted by molar-refractivity contribution is 5.90. The van der Waals surface area contributed by atoms with E-state index < -0.39 is 11.8 Å². The van der Waals surface area contributed by atoms with E-state index in [1.165, 1.54) is 11.1 Å². The molecule has 0 bridgehead atoms. The summed E-state index contributed by atoms with van der Waals surface area (Å²) in [6, 6.07) is 17.0. The van der Waals surface area contributed by atoms with Crippen LogP contribution in [0.3, 0.4) is 0 Å². The molecule has 0 aliphatic carbocycles. The zero-order valence-corrected chi connectivity index (χ0v) is 16.4. The highest BCUT2D eigenvalue weighted by Gasteiger charge is 2.32. The number of benzene rings is 2. The smallest absolute Gasteiger partial charge is 0.346 e. The maximum atomic E-state index is 14.5. The van der Waals surface area contributed by atoms with Crippen LogP contribution in [0.25, 0.3) is 16.8 Å². The molecule has 9 heteroatoms. The summed E-state index contributed by atoms with van der Waals surface area (Å²) in [6.45, 7) is 0.414. The number of rotatable bonds is 3. The summed E-state index contributed by atoms with van der Waals surface area (Å²) in [7, 11) is 0. The fourth-order valence-electron chi connectivity index (χ4n) is 3.70. The SMILES string of the molecule is Nc1nc2cc(-c3ccc(F)c(NC(=O)N4OCC[C@H]4c4ccccc4)c3)ccn2n1. The predicted molar refractivity (Wildman–Crippen MR) is 113 cm³/mol. The van der Waals surface area contributed by atoms with Gasteiger partial charge in [0.1, 0.15) is 5.82 Å². The minimum atomic E-state index is -0.541. The van der Waals surface area contributed by atoms with Crippen molar-refractivity contribution in [1.29, 1.82) is 0 Å². The van der Waals surface area contributed by atoms with Crippen LogP contribution in [-0.4, -0.2) is 32.3 Å². The number of fused-ring (bicyclic) bond motifs is 1. The monoisotopic (exact) mass is 418 g/mol. The molecular formula is C22H19FN6O2. The van der Waals surface area contributed by atoms with Crippen LogP contribution in [0.1, 0.15) is 18.0 Å². The van der Waals surface area contributed by atoms with Gasteiger partial charge in [0.25, 0.3) is 0 Å². The second kappa shape index (κ2) is 7.69. The van der Waals surface area contributed by atoms with Crippen molar-refractivity contribution in [2.75, 3.05) is 17.7 Å². The van der Waals surface area contributed by atoms with Crippen LogP contribution < -0.4 is 11.1 Å². The minimum absolute atomic E-state index is 0.0608. The Kier molecular flexibility index (Phi) is 4.72. The third-order valence-electron chi connectivity index (χ3n) is 5.18. The molecule has 4 aromatic rings. The third-order valence-corrected chi connectivity index (χ3v) is 5.18. The number of carbonyl (C=O) groups is 1. The van der Waals surface area contributed by atoms with Crippen molar-refractivity contribution in [2.24, 2.45) is 0 Å². The first-order chi connectivity index (χ1) is 15.1. The summed E-state index contributed by atoms with van der Waals surface area (Å²) >= 11 is 0. The molecule has 0 saturated carbocycles. The van der Waals surface area contributed by atoms with E-state index >= 15 is 0 Å². The largest absolute Gasteiger partial charge is 0.366 e. The lowest BCUT2D eigenvalue weighted by Gasteiger charge is -2.23. The molecule has 1 fully saturated rings. The van der Waals surface area contributed by atoms with Gasteiger partial charge < -0.3 is 11.1 Å². The predicted octanol–water partition coefficient (Wildman–Crippen LogP) is 4.03. The molecule has 31 heavy (non-hydrogen) atoms. The van der Waals surface area contributed by atoms with E-state index in [4.69, 9.17) is 10.6 Å². The highest BCUT2D eigenvalue weighted by atomic mass is 19.1. The van der Waals surface area contributed by atoms with Crippen molar-refractivity contribution in [3.63, 3.8) is 0 Å². The van der Waals surface area contributed by atoms with Gasteiger partial charge in [0, 0.05) is 12.6 Å². The number of pyridine rings is 1. The molecule has 8 nitrogen and oxygen atoms in total. The Bertz CT molecular complexity index is 1260. The number of nitrogen functional groups attached to an aromatic ring is 1. The van der Waals surface area contributed by atoms with Gasteiger partial charge in [-0.05, 0) is 41.0 Å². The van der Waals surface area contributed by atoms with E-state index in [2.05, 4.69) is 15.4 Å². The number of nitrogens with zero attached hydrogens (tertiary/aromatic N) is 4. The number of amides is 2. The molecule has 2 aromatic carbocycles. The van der Waals surface area contributed by atoms with Gasteiger partial charge in [-0.15, -0.1) is 5.10 Å². The number of urea groups is 1. The summed E-state index contributed by atoms with van der Waals surface area (Å²) < 4.78 is 16.0. The lowest BCUT2D eigenvalue weighted by atomic mass is 10.0. The van der Waals surface area contributed by atoms with Crippen LogP contribution in [-0.2, 0) is 4.84 Å². The quantitative estimate of drug-likeness (QED) is 0.524. The van der Waals surface area contributed by atoms with E-state index in [1.807, 2.05) is 36.4 Å². The molecule has 0 unspecified atom stereocenters. The molecule has 1 saturated heterocycles. The number of nitrogens with two attached hydrogens (primary N) is 1. The third kappa shape index (κ3) is 3.66. The molecule has 3 heterocycles. The van der Waals surface area contributed by atoms with Gasteiger partial charge >= 0.3 is 6.03 Å². The number of hydrogen-bond donors (Lipinski definition) is 2. The van der Waals surface area contributed by atoms with Gasteiger partial charge in [0.2, 0.25) is 5.95 Å². The van der Waals surface area contributed by atoms with E-state index in [9.17, 15) is 9.18 Å². The van der Waals surface area contributed by atoms with Crippen LogP contribution in [0.4, 0.5) is 20.8 Å². The van der Waals surface area contributed by atoms with Crippen LogP contribution in [0.15, 0.2) is 66.9 Å². The van der Waals surface area contributed by atoms with Crippen molar-refractivity contribution < 1.29 is 14.0 Å². The molecule has 2 amide bonds. The molecule has 1 atom stereocenters. The summed E-state index contributed by atoms with van der Waals surface area (Å²) in [5, 5.41) is 7.95. The molecule has 1 aliphatic rings. The van der Waals surface area contributed by atoms with E-state index in [0.29, 0.717) is 24.2 Å². The minimum Gasteiger partial charge on any atom is -0.366 e. The fourth-order valence-corrected chi connectivity index (χ4v) is 3.70. The Labute approximate surface area is 177 Å². The van der Waals surface area contributed by atoms with Gasteiger partial charge in [-0.3, -0.25) is 4.84 Å². The molecule has 156 valence electrons. The first kappa shape index (κ1) is 19.0. The number of anilines is 2. The van der Waals surface area contributed by atoms with Crippen molar-refractivity contribution in [1.82, 2.24) is 19.7 Å². The Hall–Kier alpha value is -3.98. The van der Waals surface area contributed by atoms with Crippen molar-refractivity contribution in [3.05, 3.63) is 78.2 Å². The van der Waals surface area contributed by atoms with Crippen LogP contribution >= 0.6 is 0 Å². The number of hydrogen-bond acceptors (Lipinski definition) is 5. The summed E-state index contributed by atoms with van der Waals surface area (Å²) in [5.41, 5.74) is 8.73. The second-order valence-electron chi connectivity index (χ2n) is 7.19. The first-order valence-electron chi connectivity index (χ1n) is 9.78. The lowest BCUT2D eigenvalue weighted by molar-refractivity contribution is -0.0830. The fraction of sp³-hybridized carbons (Fsp3) is 0.136. The Morgan fingerprint density at radius 1 is 1.13 bits per heavy atom. The lowest BCUT2D eigenvalue weighted by Crippen LogP contribution is -2.33. The number of halogens is 1. The molecular weight excluding hydrogens is 399 g/mol. The molecule has 5 rings (SSSR count). The van der Waals surface area contributed by atoms with E-state index in [1.54, 1.807) is 28.9 Å². The molecule has 3 N–H and O–H groups in total.